The molecule has 1 saturated carbocycles. The van der Waals surface area contributed by atoms with Crippen molar-refractivity contribution >= 4 is 11.6 Å². The molecule has 1 aromatic carbocycles. The maximum absolute atomic E-state index is 8.72. The summed E-state index contributed by atoms with van der Waals surface area (Å²) in [5.41, 5.74) is 3.01. The Hall–Kier alpha value is -0.770. The molecule has 0 bridgehead atoms. The molecule has 16 heavy (non-hydrogen) atoms. The number of halogens is 1. The Balaban J connectivity index is 1.99. The van der Waals surface area contributed by atoms with Gasteiger partial charge >= 0.3 is 0 Å². The summed E-state index contributed by atoms with van der Waals surface area (Å²) in [6.07, 6.45) is 3.85. The van der Waals surface area contributed by atoms with Crippen LogP contribution in [0.2, 0.25) is 5.02 Å². The van der Waals surface area contributed by atoms with Crippen LogP contribution in [0.1, 0.15) is 24.8 Å². The van der Waals surface area contributed by atoms with Crippen molar-refractivity contribution in [1.29, 1.82) is 0 Å². The molecule has 1 aliphatic carbocycles. The Morgan fingerprint density at radius 1 is 1.44 bits per heavy atom. The van der Waals surface area contributed by atoms with Crippen LogP contribution in [-0.2, 0) is 6.54 Å². The quantitative estimate of drug-likeness (QED) is 0.779. The summed E-state index contributed by atoms with van der Waals surface area (Å²) in [4.78, 5) is 0. The normalized spacial score (nSPS) is 15.9. The van der Waals surface area contributed by atoms with Gasteiger partial charge in [-0.05, 0) is 37.0 Å². The zero-order valence-corrected chi connectivity index (χ0v) is 9.83. The zero-order chi connectivity index (χ0) is 11.4. The molecule has 2 rings (SSSR count). The van der Waals surface area contributed by atoms with E-state index in [0.717, 1.165) is 17.9 Å². The first-order valence-electron chi connectivity index (χ1n) is 5.58. The van der Waals surface area contributed by atoms with Crippen molar-refractivity contribution in [2.24, 2.45) is 5.92 Å². The smallest absolute Gasteiger partial charge is 0.123 e. The van der Waals surface area contributed by atoms with Crippen LogP contribution in [0.5, 0.6) is 5.75 Å². The topological polar surface area (TPSA) is 41.5 Å². The van der Waals surface area contributed by atoms with E-state index in [1.165, 1.54) is 19.3 Å². The standard InChI is InChI=1S/C12H16ClNO2/c13-11-4-5-12(10(6-11)7-14-15)16-8-9-2-1-3-9/h4-6,9,14-15H,1-3,7-8H2. The number of benzene rings is 1. The highest BCUT2D eigenvalue weighted by atomic mass is 35.5. The average Bonchev–Trinajstić information content (AvgIpc) is 2.19. The molecule has 0 saturated heterocycles. The Morgan fingerprint density at radius 3 is 2.88 bits per heavy atom. The van der Waals surface area contributed by atoms with Crippen molar-refractivity contribution in [1.82, 2.24) is 5.48 Å². The summed E-state index contributed by atoms with van der Waals surface area (Å²) in [5, 5.41) is 9.38. The third-order valence-electron chi connectivity index (χ3n) is 2.99. The van der Waals surface area contributed by atoms with Crippen LogP contribution < -0.4 is 10.2 Å². The average molecular weight is 242 g/mol. The molecule has 0 spiro atoms. The predicted octanol–water partition coefficient (Wildman–Crippen LogP) is 3.00. The van der Waals surface area contributed by atoms with Gasteiger partial charge in [0.15, 0.2) is 0 Å². The van der Waals surface area contributed by atoms with E-state index < -0.39 is 0 Å². The summed E-state index contributed by atoms with van der Waals surface area (Å²) in [6, 6.07) is 5.47. The third kappa shape index (κ3) is 2.88. The van der Waals surface area contributed by atoms with Crippen LogP contribution in [0, 0.1) is 5.92 Å². The Kier molecular flexibility index (Phi) is 4.04. The van der Waals surface area contributed by atoms with Crippen LogP contribution in [0.3, 0.4) is 0 Å². The van der Waals surface area contributed by atoms with Crippen molar-refractivity contribution in [3.8, 4) is 5.75 Å². The fraction of sp³-hybridized carbons (Fsp3) is 0.500. The van der Waals surface area contributed by atoms with Crippen LogP contribution in [-0.4, -0.2) is 11.8 Å². The molecule has 1 fully saturated rings. The van der Waals surface area contributed by atoms with E-state index in [1.807, 2.05) is 6.07 Å². The second kappa shape index (κ2) is 5.53. The van der Waals surface area contributed by atoms with E-state index >= 15 is 0 Å². The first-order valence-corrected chi connectivity index (χ1v) is 5.95. The summed E-state index contributed by atoms with van der Waals surface area (Å²) < 4.78 is 5.74. The first kappa shape index (κ1) is 11.7. The summed E-state index contributed by atoms with van der Waals surface area (Å²) >= 11 is 5.89. The number of hydroxylamine groups is 1. The fourth-order valence-electron chi connectivity index (χ4n) is 1.78. The molecule has 0 atom stereocenters. The van der Waals surface area contributed by atoms with Gasteiger partial charge in [0.05, 0.1) is 6.61 Å². The maximum Gasteiger partial charge on any atom is 0.123 e. The number of ether oxygens (including phenoxy) is 1. The lowest BCUT2D eigenvalue weighted by atomic mass is 9.86. The largest absolute Gasteiger partial charge is 0.493 e. The van der Waals surface area contributed by atoms with Crippen LogP contribution in [0.4, 0.5) is 0 Å². The Morgan fingerprint density at radius 2 is 2.25 bits per heavy atom. The van der Waals surface area contributed by atoms with E-state index in [1.54, 1.807) is 12.1 Å². The first-order chi connectivity index (χ1) is 7.79. The molecule has 88 valence electrons. The van der Waals surface area contributed by atoms with Crippen molar-refractivity contribution in [2.75, 3.05) is 6.61 Å². The monoisotopic (exact) mass is 241 g/mol. The van der Waals surface area contributed by atoms with Gasteiger partial charge in [0.1, 0.15) is 5.75 Å². The van der Waals surface area contributed by atoms with E-state index in [0.29, 0.717) is 17.5 Å². The summed E-state index contributed by atoms with van der Waals surface area (Å²) in [6.45, 7) is 1.11. The highest BCUT2D eigenvalue weighted by Crippen LogP contribution is 2.29. The lowest BCUT2D eigenvalue weighted by Crippen LogP contribution is -2.20. The number of nitrogens with one attached hydrogen (secondary N) is 1. The van der Waals surface area contributed by atoms with Crippen molar-refractivity contribution < 1.29 is 9.94 Å². The van der Waals surface area contributed by atoms with Gasteiger partial charge in [-0.2, -0.15) is 0 Å². The molecule has 0 amide bonds. The van der Waals surface area contributed by atoms with Gasteiger partial charge in [-0.3, -0.25) is 0 Å². The van der Waals surface area contributed by atoms with Crippen molar-refractivity contribution in [3.05, 3.63) is 28.8 Å². The predicted molar refractivity (Wildman–Crippen MR) is 62.9 cm³/mol. The SMILES string of the molecule is ONCc1cc(Cl)ccc1OCC1CCC1. The fourth-order valence-corrected chi connectivity index (χ4v) is 1.97. The van der Waals surface area contributed by atoms with E-state index in [9.17, 15) is 0 Å². The van der Waals surface area contributed by atoms with Gasteiger partial charge in [-0.25, -0.2) is 5.48 Å². The molecule has 0 aromatic heterocycles. The van der Waals surface area contributed by atoms with E-state index in [-0.39, 0.29) is 0 Å². The molecule has 3 nitrogen and oxygen atoms in total. The highest BCUT2D eigenvalue weighted by Gasteiger charge is 2.18. The molecule has 0 radical (unpaired) electrons. The minimum atomic E-state index is 0.348. The van der Waals surface area contributed by atoms with Crippen molar-refractivity contribution in [2.45, 2.75) is 25.8 Å². The molecule has 0 aliphatic heterocycles. The minimum Gasteiger partial charge on any atom is -0.493 e. The van der Waals surface area contributed by atoms with Crippen LogP contribution in [0.15, 0.2) is 18.2 Å². The lowest BCUT2D eigenvalue weighted by molar-refractivity contribution is 0.155. The third-order valence-corrected chi connectivity index (χ3v) is 3.23. The van der Waals surface area contributed by atoms with Crippen molar-refractivity contribution in [3.63, 3.8) is 0 Å². The van der Waals surface area contributed by atoms with Gasteiger partial charge in [0, 0.05) is 17.1 Å². The molecule has 1 aliphatic rings. The van der Waals surface area contributed by atoms with Crippen LogP contribution >= 0.6 is 11.6 Å². The number of rotatable bonds is 5. The Bertz CT molecular complexity index is 353. The van der Waals surface area contributed by atoms with E-state index in [4.69, 9.17) is 21.5 Å². The number of hydrogen-bond acceptors (Lipinski definition) is 3. The van der Waals surface area contributed by atoms with Gasteiger partial charge in [-0.1, -0.05) is 18.0 Å². The highest BCUT2D eigenvalue weighted by molar-refractivity contribution is 6.30. The van der Waals surface area contributed by atoms with Gasteiger partial charge in [-0.15, -0.1) is 0 Å². The molecule has 4 heteroatoms. The lowest BCUT2D eigenvalue weighted by Gasteiger charge is -2.25. The summed E-state index contributed by atoms with van der Waals surface area (Å²) in [5.74, 6) is 1.50. The number of hydrogen-bond donors (Lipinski definition) is 2. The van der Waals surface area contributed by atoms with Gasteiger partial charge < -0.3 is 9.94 Å². The Labute approximate surface area is 100 Å². The van der Waals surface area contributed by atoms with Gasteiger partial charge in [0.25, 0.3) is 0 Å². The molecule has 1 aromatic rings. The molecular weight excluding hydrogens is 226 g/mol. The molecule has 0 unspecified atom stereocenters. The minimum absolute atomic E-state index is 0.348. The van der Waals surface area contributed by atoms with E-state index in [2.05, 4.69) is 5.48 Å². The molecular formula is C12H16ClNO2. The summed E-state index contributed by atoms with van der Waals surface area (Å²) in [7, 11) is 0. The second-order valence-electron chi connectivity index (χ2n) is 4.19. The zero-order valence-electron chi connectivity index (χ0n) is 9.08. The van der Waals surface area contributed by atoms with Crippen LogP contribution in [0.25, 0.3) is 0 Å². The maximum atomic E-state index is 8.72. The second-order valence-corrected chi connectivity index (χ2v) is 4.63. The molecule has 0 heterocycles. The molecule has 2 N–H and O–H groups in total. The van der Waals surface area contributed by atoms with Gasteiger partial charge in [0.2, 0.25) is 0 Å².